The summed E-state index contributed by atoms with van der Waals surface area (Å²) in [5.41, 5.74) is 4.54. The van der Waals surface area contributed by atoms with Crippen LogP contribution in [0, 0.1) is 6.92 Å². The predicted molar refractivity (Wildman–Crippen MR) is 82.9 cm³/mol. The Kier molecular flexibility index (Phi) is 3.63. The first-order chi connectivity index (χ1) is 9.29. The van der Waals surface area contributed by atoms with Crippen LogP contribution < -0.4 is 4.90 Å². The molecule has 0 aliphatic carbocycles. The van der Waals surface area contributed by atoms with Crippen molar-refractivity contribution in [2.75, 3.05) is 12.0 Å². The second-order valence-electron chi connectivity index (χ2n) is 6.02. The van der Waals surface area contributed by atoms with E-state index in [0.717, 1.165) is 5.69 Å². The Labute approximate surface area is 121 Å². The number of hydrogen-bond donors (Lipinski definition) is 0. The van der Waals surface area contributed by atoms with E-state index in [9.17, 15) is 4.79 Å². The van der Waals surface area contributed by atoms with Crippen LogP contribution in [0.3, 0.4) is 0 Å². The molecule has 0 radical (unpaired) electrons. The van der Waals surface area contributed by atoms with Gasteiger partial charge in [-0.15, -0.1) is 0 Å². The third kappa shape index (κ3) is 2.21. The van der Waals surface area contributed by atoms with Crippen molar-refractivity contribution in [1.82, 2.24) is 0 Å². The summed E-state index contributed by atoms with van der Waals surface area (Å²) < 4.78 is 4.94. The van der Waals surface area contributed by atoms with Crippen LogP contribution in [0.4, 0.5) is 5.69 Å². The number of ether oxygens (including phenoxy) is 1. The number of carbonyl (C=O) groups is 1. The highest BCUT2D eigenvalue weighted by Crippen LogP contribution is 2.42. The van der Waals surface area contributed by atoms with Gasteiger partial charge in [-0.3, -0.25) is 0 Å². The van der Waals surface area contributed by atoms with Crippen molar-refractivity contribution >= 4 is 17.2 Å². The Morgan fingerprint density at radius 2 is 1.95 bits per heavy atom. The van der Waals surface area contributed by atoms with Crippen molar-refractivity contribution in [3.8, 4) is 0 Å². The molecule has 0 saturated carbocycles. The number of fused-ring (bicyclic) bond motifs is 1. The van der Waals surface area contributed by atoms with E-state index in [0.29, 0.717) is 0 Å². The van der Waals surface area contributed by atoms with Gasteiger partial charge in [0, 0.05) is 11.3 Å². The second-order valence-corrected chi connectivity index (χ2v) is 6.02. The monoisotopic (exact) mass is 273 g/mol. The molecule has 0 saturated heterocycles. The Bertz CT molecular complexity index is 572. The molecule has 1 aliphatic heterocycles. The van der Waals surface area contributed by atoms with E-state index in [-0.39, 0.29) is 17.6 Å². The highest BCUT2D eigenvalue weighted by molar-refractivity contribution is 5.88. The summed E-state index contributed by atoms with van der Waals surface area (Å²) in [7, 11) is 1.44. The highest BCUT2D eigenvalue weighted by atomic mass is 16.5. The molecule has 1 aliphatic rings. The number of hydrogen-bond acceptors (Lipinski definition) is 3. The molecule has 2 rings (SSSR count). The lowest BCUT2D eigenvalue weighted by Crippen LogP contribution is -2.53. The third-order valence-corrected chi connectivity index (χ3v) is 4.02. The van der Waals surface area contributed by atoms with Gasteiger partial charge in [-0.1, -0.05) is 24.3 Å². The Balaban J connectivity index is 2.65. The molecule has 0 N–H and O–H groups in total. The number of benzene rings is 1. The first kappa shape index (κ1) is 14.6. The van der Waals surface area contributed by atoms with Crippen LogP contribution in [0.1, 0.15) is 38.8 Å². The molecule has 3 nitrogen and oxygen atoms in total. The van der Waals surface area contributed by atoms with Crippen molar-refractivity contribution in [3.05, 3.63) is 35.4 Å². The molecule has 1 atom stereocenters. The van der Waals surface area contributed by atoms with E-state index < -0.39 is 0 Å². The summed E-state index contributed by atoms with van der Waals surface area (Å²) >= 11 is 0. The fraction of sp³-hybridized carbons (Fsp3) is 0.471. The number of nitrogens with zero attached hydrogens (tertiary/aromatic N) is 1. The summed E-state index contributed by atoms with van der Waals surface area (Å²) in [5.74, 6) is -0.208. The fourth-order valence-electron chi connectivity index (χ4n) is 3.23. The van der Waals surface area contributed by atoms with Crippen molar-refractivity contribution < 1.29 is 9.53 Å². The Morgan fingerprint density at radius 3 is 2.55 bits per heavy atom. The van der Waals surface area contributed by atoms with E-state index in [4.69, 9.17) is 4.74 Å². The topological polar surface area (TPSA) is 29.5 Å². The van der Waals surface area contributed by atoms with Gasteiger partial charge in [-0.25, -0.2) is 4.79 Å². The molecule has 0 aromatic heterocycles. The van der Waals surface area contributed by atoms with E-state index >= 15 is 0 Å². The summed E-state index contributed by atoms with van der Waals surface area (Å²) in [6.07, 6.45) is 2.22. The lowest BCUT2D eigenvalue weighted by molar-refractivity contribution is -0.142. The molecule has 20 heavy (non-hydrogen) atoms. The summed E-state index contributed by atoms with van der Waals surface area (Å²) in [6.45, 7) is 10.4. The Hall–Kier alpha value is -1.77. The highest BCUT2D eigenvalue weighted by Gasteiger charge is 2.38. The number of allylic oxidation sites excluding steroid dienone is 1. The van der Waals surface area contributed by atoms with Crippen LogP contribution in [0.5, 0.6) is 0 Å². The molecular formula is C17H23NO2. The number of aryl methyl sites for hydroxylation is 1. The normalized spacial score (nSPS) is 18.1. The molecule has 1 aromatic carbocycles. The minimum atomic E-state index is -0.320. The summed E-state index contributed by atoms with van der Waals surface area (Å²) in [6, 6.07) is 5.94. The number of para-hydroxylation sites is 1. The molecule has 1 aromatic rings. The van der Waals surface area contributed by atoms with Gasteiger partial charge >= 0.3 is 5.97 Å². The van der Waals surface area contributed by atoms with Crippen molar-refractivity contribution in [1.29, 1.82) is 0 Å². The lowest BCUT2D eigenvalue weighted by atomic mass is 9.86. The molecule has 0 unspecified atom stereocenters. The number of carbonyl (C=O) groups excluding carboxylic acids is 1. The predicted octanol–water partition coefficient (Wildman–Crippen LogP) is 3.56. The van der Waals surface area contributed by atoms with Gasteiger partial charge in [0.15, 0.2) is 0 Å². The van der Waals surface area contributed by atoms with Gasteiger partial charge in [0.2, 0.25) is 0 Å². The maximum absolute atomic E-state index is 12.0. The third-order valence-electron chi connectivity index (χ3n) is 4.02. The number of rotatable bonds is 2. The van der Waals surface area contributed by atoms with Crippen LogP contribution in [0.2, 0.25) is 0 Å². The van der Waals surface area contributed by atoms with Crippen LogP contribution >= 0.6 is 0 Å². The van der Waals surface area contributed by atoms with Crippen molar-refractivity contribution in [2.45, 2.75) is 46.2 Å². The van der Waals surface area contributed by atoms with Gasteiger partial charge in [0.05, 0.1) is 12.6 Å². The van der Waals surface area contributed by atoms with Crippen LogP contribution in [-0.4, -0.2) is 24.7 Å². The first-order valence-corrected chi connectivity index (χ1v) is 6.96. The number of esters is 1. The van der Waals surface area contributed by atoms with Gasteiger partial charge in [0.25, 0.3) is 0 Å². The maximum Gasteiger partial charge on any atom is 0.328 e. The molecule has 108 valence electrons. The molecule has 0 amide bonds. The van der Waals surface area contributed by atoms with E-state index in [1.807, 2.05) is 6.92 Å². The van der Waals surface area contributed by atoms with E-state index in [1.54, 1.807) is 0 Å². The lowest BCUT2D eigenvalue weighted by Gasteiger charge is -2.46. The zero-order valence-corrected chi connectivity index (χ0v) is 13.2. The standard InChI is InChI=1S/C17H23NO2/c1-11-8-7-9-14-12(2)10-17(4,5)18(15(11)14)13(3)16(19)20-6/h7-10,13H,1-6H3/t13-/m0/s1. The molecule has 0 fully saturated rings. The van der Waals surface area contributed by atoms with Gasteiger partial charge < -0.3 is 9.64 Å². The maximum atomic E-state index is 12.0. The molecule has 0 spiro atoms. The van der Waals surface area contributed by atoms with E-state index in [2.05, 4.69) is 56.9 Å². The Morgan fingerprint density at radius 1 is 1.30 bits per heavy atom. The molecule has 3 heteroatoms. The van der Waals surface area contributed by atoms with Gasteiger partial charge in [0.1, 0.15) is 6.04 Å². The van der Waals surface area contributed by atoms with Gasteiger partial charge in [-0.2, -0.15) is 0 Å². The smallest absolute Gasteiger partial charge is 0.328 e. The van der Waals surface area contributed by atoms with Crippen molar-refractivity contribution in [2.24, 2.45) is 0 Å². The quantitative estimate of drug-likeness (QED) is 0.772. The zero-order chi connectivity index (χ0) is 15.1. The fourth-order valence-corrected chi connectivity index (χ4v) is 3.23. The summed E-state index contributed by atoms with van der Waals surface area (Å²) in [4.78, 5) is 14.2. The molecule has 0 bridgehead atoms. The summed E-state index contributed by atoms with van der Waals surface area (Å²) in [5, 5.41) is 0. The molecule has 1 heterocycles. The average Bonchev–Trinajstić information content (AvgIpc) is 2.37. The minimum Gasteiger partial charge on any atom is -0.467 e. The van der Waals surface area contributed by atoms with Crippen LogP contribution in [0.15, 0.2) is 24.3 Å². The van der Waals surface area contributed by atoms with Gasteiger partial charge in [-0.05, 0) is 45.8 Å². The minimum absolute atomic E-state index is 0.208. The van der Waals surface area contributed by atoms with E-state index in [1.165, 1.54) is 23.8 Å². The second kappa shape index (κ2) is 4.97. The van der Waals surface area contributed by atoms with Crippen molar-refractivity contribution in [3.63, 3.8) is 0 Å². The SMILES string of the molecule is COC(=O)[C@H](C)N1c2c(C)cccc2C(C)=CC1(C)C. The largest absolute Gasteiger partial charge is 0.467 e. The zero-order valence-electron chi connectivity index (χ0n) is 13.2. The molecular weight excluding hydrogens is 250 g/mol. The average molecular weight is 273 g/mol. The number of methoxy groups -OCH3 is 1. The van der Waals surface area contributed by atoms with Crippen LogP contribution in [0.25, 0.3) is 5.57 Å². The van der Waals surface area contributed by atoms with Crippen LogP contribution in [-0.2, 0) is 9.53 Å². The number of anilines is 1. The first-order valence-electron chi connectivity index (χ1n) is 6.96.